The monoisotopic (exact) mass is 311 g/mol. The van der Waals surface area contributed by atoms with Crippen molar-refractivity contribution in [3.8, 4) is 0 Å². The van der Waals surface area contributed by atoms with Gasteiger partial charge in [0.05, 0.1) is 19.3 Å². The van der Waals surface area contributed by atoms with Crippen LogP contribution in [0.5, 0.6) is 0 Å². The van der Waals surface area contributed by atoms with Crippen LogP contribution < -0.4 is 0 Å². The van der Waals surface area contributed by atoms with E-state index in [2.05, 4.69) is 0 Å². The zero-order valence-electron chi connectivity index (χ0n) is 13.7. The lowest BCUT2D eigenvalue weighted by molar-refractivity contribution is -0.164. The molecule has 2 rings (SSSR count). The predicted octanol–water partition coefficient (Wildman–Crippen LogP) is 1.41. The second kappa shape index (κ2) is 7.76. The van der Waals surface area contributed by atoms with Gasteiger partial charge in [-0.2, -0.15) is 0 Å². The lowest BCUT2D eigenvalue weighted by Gasteiger charge is -2.40. The van der Waals surface area contributed by atoms with E-state index in [1.54, 1.807) is 26.2 Å². The summed E-state index contributed by atoms with van der Waals surface area (Å²) in [4.78, 5) is 14.1. The van der Waals surface area contributed by atoms with Gasteiger partial charge in [0.2, 0.25) is 5.91 Å². The third kappa shape index (κ3) is 3.88. The molecule has 1 fully saturated rings. The fourth-order valence-corrected chi connectivity index (χ4v) is 2.80. The number of methoxy groups -OCH3 is 2. The molecule has 1 aromatic heterocycles. The van der Waals surface area contributed by atoms with Crippen LogP contribution in [-0.4, -0.2) is 63.5 Å². The first-order valence-electron chi connectivity index (χ1n) is 7.51. The molecule has 2 heterocycles. The fraction of sp³-hybridized carbons (Fsp3) is 0.688. The van der Waals surface area contributed by atoms with Crippen molar-refractivity contribution in [2.45, 2.75) is 38.0 Å². The highest BCUT2D eigenvalue weighted by Gasteiger charge is 2.38. The molecule has 6 heteroatoms. The highest BCUT2D eigenvalue weighted by Crippen LogP contribution is 2.20. The van der Waals surface area contributed by atoms with Crippen LogP contribution in [0.25, 0.3) is 0 Å². The molecule has 0 spiro atoms. The van der Waals surface area contributed by atoms with Crippen molar-refractivity contribution in [1.29, 1.82) is 0 Å². The van der Waals surface area contributed by atoms with Crippen molar-refractivity contribution in [2.75, 3.05) is 34.5 Å². The molecule has 0 unspecified atom stereocenters. The third-order valence-electron chi connectivity index (χ3n) is 4.16. The Morgan fingerprint density at radius 2 is 2.09 bits per heavy atom. The molecule has 1 aliphatic heterocycles. The van der Waals surface area contributed by atoms with Crippen LogP contribution in [0.4, 0.5) is 0 Å². The van der Waals surface area contributed by atoms with Gasteiger partial charge in [0, 0.05) is 34.1 Å². The first kappa shape index (κ1) is 17.0. The molecule has 0 aromatic carbocycles. The van der Waals surface area contributed by atoms with Crippen LogP contribution in [0, 0.1) is 6.92 Å². The number of ether oxygens (including phenoxy) is 3. The molecule has 22 heavy (non-hydrogen) atoms. The van der Waals surface area contributed by atoms with Crippen LogP contribution in [0.2, 0.25) is 0 Å². The summed E-state index contributed by atoms with van der Waals surface area (Å²) < 4.78 is 21.9. The van der Waals surface area contributed by atoms with Gasteiger partial charge in [-0.1, -0.05) is 0 Å². The molecular formula is C16H25NO5. The molecule has 1 amide bonds. The Bertz CT molecular complexity index is 487. The van der Waals surface area contributed by atoms with E-state index in [4.69, 9.17) is 18.6 Å². The summed E-state index contributed by atoms with van der Waals surface area (Å²) >= 11 is 0. The topological polar surface area (TPSA) is 61.1 Å². The van der Waals surface area contributed by atoms with Crippen molar-refractivity contribution in [3.63, 3.8) is 0 Å². The largest absolute Gasteiger partial charge is 0.466 e. The van der Waals surface area contributed by atoms with Crippen LogP contribution in [0.1, 0.15) is 17.9 Å². The molecule has 0 bridgehead atoms. The van der Waals surface area contributed by atoms with Crippen LogP contribution >= 0.6 is 0 Å². The van der Waals surface area contributed by atoms with E-state index < -0.39 is 0 Å². The number of rotatable bonds is 6. The summed E-state index contributed by atoms with van der Waals surface area (Å²) in [6, 6.07) is 3.67. The highest BCUT2D eigenvalue weighted by atomic mass is 16.6. The van der Waals surface area contributed by atoms with Gasteiger partial charge in [-0.25, -0.2) is 0 Å². The van der Waals surface area contributed by atoms with E-state index in [9.17, 15) is 4.79 Å². The Kier molecular flexibility index (Phi) is 5.99. The lowest BCUT2D eigenvalue weighted by Crippen LogP contribution is -2.57. The van der Waals surface area contributed by atoms with Crippen molar-refractivity contribution in [1.82, 2.24) is 4.90 Å². The molecule has 0 aliphatic carbocycles. The summed E-state index contributed by atoms with van der Waals surface area (Å²) in [6.07, 6.45) is 0.648. The van der Waals surface area contributed by atoms with Gasteiger partial charge in [-0.3, -0.25) is 4.79 Å². The number of amides is 1. The minimum Gasteiger partial charge on any atom is -0.466 e. The summed E-state index contributed by atoms with van der Waals surface area (Å²) in [5, 5.41) is 0. The number of carbonyl (C=O) groups is 1. The lowest BCUT2D eigenvalue weighted by atomic mass is 10.0. The molecule has 6 nitrogen and oxygen atoms in total. The molecule has 0 saturated carbocycles. The average molecular weight is 311 g/mol. The SMILES string of the molecule is CO[C@H]1[C@H](N(C)C(=O)CCc2ccc(C)o2)COC[C@H]1OC. The van der Waals surface area contributed by atoms with Crippen molar-refractivity contribution in [2.24, 2.45) is 0 Å². The summed E-state index contributed by atoms with van der Waals surface area (Å²) in [7, 11) is 5.05. The number of furan rings is 1. The van der Waals surface area contributed by atoms with E-state index in [0.717, 1.165) is 11.5 Å². The van der Waals surface area contributed by atoms with E-state index in [0.29, 0.717) is 26.1 Å². The third-order valence-corrected chi connectivity index (χ3v) is 4.16. The van der Waals surface area contributed by atoms with E-state index >= 15 is 0 Å². The predicted molar refractivity (Wildman–Crippen MR) is 80.7 cm³/mol. The van der Waals surface area contributed by atoms with Crippen molar-refractivity contribution >= 4 is 5.91 Å². The zero-order valence-corrected chi connectivity index (χ0v) is 13.7. The molecule has 1 aliphatic rings. The molecule has 1 aromatic rings. The second-order valence-electron chi connectivity index (χ2n) is 5.60. The Labute approximate surface area is 131 Å². The van der Waals surface area contributed by atoms with E-state index in [1.165, 1.54) is 0 Å². The molecule has 0 N–H and O–H groups in total. The number of hydrogen-bond donors (Lipinski definition) is 0. The van der Waals surface area contributed by atoms with Crippen molar-refractivity contribution < 1.29 is 23.4 Å². The standard InChI is InChI=1S/C16H25NO5/c1-11-5-6-12(22-11)7-8-15(18)17(2)13-9-21-10-14(19-3)16(13)20-4/h5-6,13-14,16H,7-10H2,1-4H3/t13-,14-,16+/m1/s1. The maximum atomic E-state index is 12.4. The Morgan fingerprint density at radius 1 is 1.32 bits per heavy atom. The van der Waals surface area contributed by atoms with E-state index in [-0.39, 0.29) is 24.2 Å². The van der Waals surface area contributed by atoms with Gasteiger partial charge >= 0.3 is 0 Å². The zero-order chi connectivity index (χ0) is 16.1. The number of likely N-dealkylation sites (N-methyl/N-ethyl adjacent to an activating group) is 1. The summed E-state index contributed by atoms with van der Waals surface area (Å²) in [5.74, 6) is 1.73. The highest BCUT2D eigenvalue weighted by molar-refractivity contribution is 5.76. The van der Waals surface area contributed by atoms with Gasteiger partial charge in [-0.05, 0) is 19.1 Å². The Hall–Kier alpha value is -1.37. The molecular weight excluding hydrogens is 286 g/mol. The minimum absolute atomic E-state index is 0.0430. The molecule has 0 radical (unpaired) electrons. The smallest absolute Gasteiger partial charge is 0.223 e. The molecule has 1 saturated heterocycles. The summed E-state index contributed by atoms with van der Waals surface area (Å²) in [6.45, 7) is 2.84. The number of carbonyl (C=O) groups excluding carboxylic acids is 1. The Balaban J connectivity index is 1.93. The maximum absolute atomic E-state index is 12.4. The van der Waals surface area contributed by atoms with Crippen molar-refractivity contribution in [3.05, 3.63) is 23.7 Å². The van der Waals surface area contributed by atoms with E-state index in [1.807, 2.05) is 19.1 Å². The number of hydrogen-bond acceptors (Lipinski definition) is 5. The van der Waals surface area contributed by atoms with Gasteiger partial charge in [0.15, 0.2) is 0 Å². The van der Waals surface area contributed by atoms with Crippen LogP contribution in [-0.2, 0) is 25.4 Å². The Morgan fingerprint density at radius 3 is 2.68 bits per heavy atom. The fourth-order valence-electron chi connectivity index (χ4n) is 2.80. The normalized spacial score (nSPS) is 25.2. The number of aryl methyl sites for hydroxylation is 2. The maximum Gasteiger partial charge on any atom is 0.223 e. The summed E-state index contributed by atoms with van der Waals surface area (Å²) in [5.41, 5.74) is 0. The van der Waals surface area contributed by atoms with Gasteiger partial charge in [-0.15, -0.1) is 0 Å². The first-order valence-corrected chi connectivity index (χ1v) is 7.51. The van der Waals surface area contributed by atoms with Crippen LogP contribution in [0.3, 0.4) is 0 Å². The average Bonchev–Trinajstić information content (AvgIpc) is 2.96. The first-order chi connectivity index (χ1) is 10.6. The number of nitrogens with zero attached hydrogens (tertiary/aromatic N) is 1. The quantitative estimate of drug-likeness (QED) is 0.795. The van der Waals surface area contributed by atoms with Gasteiger partial charge in [0.1, 0.15) is 23.7 Å². The second-order valence-corrected chi connectivity index (χ2v) is 5.60. The minimum atomic E-state index is -0.182. The molecule has 3 atom stereocenters. The van der Waals surface area contributed by atoms with Gasteiger partial charge < -0.3 is 23.5 Å². The van der Waals surface area contributed by atoms with Gasteiger partial charge in [0.25, 0.3) is 0 Å². The van der Waals surface area contributed by atoms with Crippen LogP contribution in [0.15, 0.2) is 16.5 Å². The molecule has 124 valence electrons.